The predicted octanol–water partition coefficient (Wildman–Crippen LogP) is 2.77. The third-order valence-electron chi connectivity index (χ3n) is 4.92. The lowest BCUT2D eigenvalue weighted by Gasteiger charge is -2.31. The van der Waals surface area contributed by atoms with E-state index in [1.165, 1.54) is 4.88 Å². The van der Waals surface area contributed by atoms with Crippen molar-refractivity contribution in [3.8, 4) is 0 Å². The topological polar surface area (TPSA) is 66.0 Å². The van der Waals surface area contributed by atoms with Gasteiger partial charge < -0.3 is 10.6 Å². The zero-order valence-electron chi connectivity index (χ0n) is 15.5. The summed E-state index contributed by atoms with van der Waals surface area (Å²) in [6, 6.07) is 21.4. The standard InChI is InChI=1S/C22H21N3O2S/c1-15(22(27)25-14-20(26)24-17-10-5-6-11-18(17)25)23-21(19-12-7-13-28-19)16-8-3-2-4-9-16/h2-13,15,21,23H,14H2,1H3,(H,24,26)/p+1/t15-,21-/m0/s1. The quantitative estimate of drug-likeness (QED) is 0.701. The number of benzene rings is 2. The van der Waals surface area contributed by atoms with Gasteiger partial charge in [-0.3, -0.25) is 14.5 Å². The molecule has 3 aromatic rings. The minimum Gasteiger partial charge on any atom is -0.326 e. The molecule has 0 fully saturated rings. The first kappa shape index (κ1) is 18.4. The van der Waals surface area contributed by atoms with Crippen LogP contribution in [0.25, 0.3) is 0 Å². The summed E-state index contributed by atoms with van der Waals surface area (Å²) < 4.78 is 0. The summed E-state index contributed by atoms with van der Waals surface area (Å²) in [6.45, 7) is 1.95. The molecule has 3 N–H and O–H groups in total. The van der Waals surface area contributed by atoms with Crippen molar-refractivity contribution in [1.82, 2.24) is 0 Å². The zero-order valence-corrected chi connectivity index (χ0v) is 16.4. The second kappa shape index (κ2) is 7.96. The maximum atomic E-state index is 13.3. The zero-order chi connectivity index (χ0) is 19.5. The van der Waals surface area contributed by atoms with Crippen molar-refractivity contribution in [3.05, 3.63) is 82.6 Å². The summed E-state index contributed by atoms with van der Waals surface area (Å²) in [5, 5.41) is 6.97. The fourth-order valence-corrected chi connectivity index (χ4v) is 4.38. The van der Waals surface area contributed by atoms with Gasteiger partial charge in [-0.05, 0) is 30.5 Å². The van der Waals surface area contributed by atoms with Crippen LogP contribution in [0.15, 0.2) is 72.1 Å². The molecular weight excluding hydrogens is 370 g/mol. The van der Waals surface area contributed by atoms with Gasteiger partial charge in [0, 0.05) is 5.56 Å². The van der Waals surface area contributed by atoms with Crippen LogP contribution in [0.4, 0.5) is 11.4 Å². The van der Waals surface area contributed by atoms with Gasteiger partial charge in [0.2, 0.25) is 5.91 Å². The first-order valence-electron chi connectivity index (χ1n) is 9.27. The Balaban J connectivity index is 1.59. The lowest BCUT2D eigenvalue weighted by atomic mass is 10.0. The Bertz CT molecular complexity index is 972. The number of carbonyl (C=O) groups excluding carboxylic acids is 2. The molecule has 142 valence electrons. The summed E-state index contributed by atoms with van der Waals surface area (Å²) >= 11 is 1.68. The monoisotopic (exact) mass is 392 g/mol. The van der Waals surface area contributed by atoms with Crippen molar-refractivity contribution in [2.24, 2.45) is 0 Å². The maximum absolute atomic E-state index is 13.3. The van der Waals surface area contributed by atoms with Crippen LogP contribution in [-0.4, -0.2) is 24.4 Å². The molecule has 0 bridgehead atoms. The summed E-state index contributed by atoms with van der Waals surface area (Å²) in [5.74, 6) is -0.239. The van der Waals surface area contributed by atoms with Crippen LogP contribution in [0.2, 0.25) is 0 Å². The average molecular weight is 393 g/mol. The predicted molar refractivity (Wildman–Crippen MR) is 111 cm³/mol. The average Bonchev–Trinajstić information content (AvgIpc) is 3.25. The minimum absolute atomic E-state index is 0.0361. The Labute approximate surface area is 168 Å². The fraction of sp³-hybridized carbons (Fsp3) is 0.182. The molecule has 28 heavy (non-hydrogen) atoms. The summed E-state index contributed by atoms with van der Waals surface area (Å²) in [6.07, 6.45) is 0. The SMILES string of the molecule is C[C@H]([NH2+][C@@H](c1ccccc1)c1cccs1)C(=O)N1CC(=O)Nc2ccccc21. The molecule has 6 heteroatoms. The van der Waals surface area contributed by atoms with E-state index in [0.29, 0.717) is 5.69 Å². The highest BCUT2D eigenvalue weighted by molar-refractivity contribution is 7.10. The third kappa shape index (κ3) is 3.69. The molecule has 0 spiro atoms. The molecule has 0 unspecified atom stereocenters. The number of para-hydroxylation sites is 2. The molecule has 0 saturated heterocycles. The van der Waals surface area contributed by atoms with E-state index < -0.39 is 0 Å². The molecule has 2 heterocycles. The van der Waals surface area contributed by atoms with E-state index in [-0.39, 0.29) is 30.4 Å². The first-order valence-corrected chi connectivity index (χ1v) is 10.1. The van der Waals surface area contributed by atoms with Crippen molar-refractivity contribution in [2.75, 3.05) is 16.8 Å². The second-order valence-electron chi connectivity index (χ2n) is 6.87. The largest absolute Gasteiger partial charge is 0.326 e. The van der Waals surface area contributed by atoms with Gasteiger partial charge in [0.25, 0.3) is 5.91 Å². The van der Waals surface area contributed by atoms with Gasteiger partial charge in [-0.25, -0.2) is 0 Å². The highest BCUT2D eigenvalue weighted by atomic mass is 32.1. The Morgan fingerprint density at radius 3 is 2.57 bits per heavy atom. The molecule has 4 rings (SSSR count). The van der Waals surface area contributed by atoms with E-state index in [1.807, 2.05) is 55.5 Å². The number of nitrogens with two attached hydrogens (primary N) is 1. The van der Waals surface area contributed by atoms with E-state index in [1.54, 1.807) is 16.2 Å². The molecule has 0 radical (unpaired) electrons. The molecular formula is C22H22N3O2S+. The Morgan fingerprint density at radius 2 is 1.82 bits per heavy atom. The van der Waals surface area contributed by atoms with Gasteiger partial charge >= 0.3 is 0 Å². The molecule has 1 aliphatic heterocycles. The van der Waals surface area contributed by atoms with Crippen molar-refractivity contribution < 1.29 is 14.9 Å². The van der Waals surface area contributed by atoms with Gasteiger partial charge in [0.15, 0.2) is 6.04 Å². The van der Waals surface area contributed by atoms with Crippen LogP contribution in [0.3, 0.4) is 0 Å². The van der Waals surface area contributed by atoms with Gasteiger partial charge in [0.05, 0.1) is 16.3 Å². The molecule has 5 nitrogen and oxygen atoms in total. The summed E-state index contributed by atoms with van der Waals surface area (Å²) in [4.78, 5) is 28.1. The molecule has 2 amide bonds. The number of nitrogens with zero attached hydrogens (tertiary/aromatic N) is 1. The number of hydrogen-bond acceptors (Lipinski definition) is 3. The van der Waals surface area contributed by atoms with Gasteiger partial charge in [0.1, 0.15) is 12.6 Å². The lowest BCUT2D eigenvalue weighted by molar-refractivity contribution is -0.704. The number of carbonyl (C=O) groups is 2. The van der Waals surface area contributed by atoms with Crippen LogP contribution >= 0.6 is 11.3 Å². The number of quaternary nitrogens is 1. The maximum Gasteiger partial charge on any atom is 0.285 e. The van der Waals surface area contributed by atoms with Crippen LogP contribution < -0.4 is 15.5 Å². The van der Waals surface area contributed by atoms with Crippen molar-refractivity contribution in [3.63, 3.8) is 0 Å². The minimum atomic E-state index is -0.341. The number of amides is 2. The van der Waals surface area contributed by atoms with E-state index in [2.05, 4.69) is 34.2 Å². The Kier molecular flexibility index (Phi) is 5.23. The van der Waals surface area contributed by atoms with Gasteiger partial charge in [-0.15, -0.1) is 11.3 Å². The smallest absolute Gasteiger partial charge is 0.285 e. The number of rotatable bonds is 5. The first-order chi connectivity index (χ1) is 13.6. The lowest BCUT2D eigenvalue weighted by Crippen LogP contribution is -2.93. The van der Waals surface area contributed by atoms with Crippen LogP contribution in [-0.2, 0) is 9.59 Å². The Hall–Kier alpha value is -2.96. The van der Waals surface area contributed by atoms with E-state index >= 15 is 0 Å². The number of anilines is 2. The van der Waals surface area contributed by atoms with Crippen molar-refractivity contribution in [2.45, 2.75) is 19.0 Å². The van der Waals surface area contributed by atoms with Gasteiger partial charge in [-0.2, -0.15) is 0 Å². The van der Waals surface area contributed by atoms with E-state index in [0.717, 1.165) is 11.3 Å². The number of fused-ring (bicyclic) bond motifs is 1. The highest BCUT2D eigenvalue weighted by Gasteiger charge is 2.33. The van der Waals surface area contributed by atoms with Gasteiger partial charge in [-0.1, -0.05) is 48.5 Å². The molecule has 2 aromatic carbocycles. The Morgan fingerprint density at radius 1 is 1.07 bits per heavy atom. The summed E-state index contributed by atoms with van der Waals surface area (Å²) in [7, 11) is 0. The number of hydrogen-bond donors (Lipinski definition) is 2. The molecule has 2 atom stereocenters. The van der Waals surface area contributed by atoms with E-state index in [9.17, 15) is 9.59 Å². The molecule has 1 aromatic heterocycles. The molecule has 0 aliphatic carbocycles. The molecule has 1 aliphatic rings. The van der Waals surface area contributed by atoms with Crippen molar-refractivity contribution >= 4 is 34.5 Å². The molecule has 0 saturated carbocycles. The normalized spacial score (nSPS) is 15.5. The van der Waals surface area contributed by atoms with Crippen molar-refractivity contribution in [1.29, 1.82) is 0 Å². The second-order valence-corrected chi connectivity index (χ2v) is 7.85. The fourth-order valence-electron chi connectivity index (χ4n) is 3.55. The van der Waals surface area contributed by atoms with E-state index in [4.69, 9.17) is 0 Å². The number of thiophene rings is 1. The van der Waals surface area contributed by atoms with Crippen LogP contribution in [0, 0.1) is 0 Å². The number of nitrogens with one attached hydrogen (secondary N) is 1. The summed E-state index contributed by atoms with van der Waals surface area (Å²) in [5.41, 5.74) is 2.58. The van der Waals surface area contributed by atoms with Crippen LogP contribution in [0.1, 0.15) is 23.4 Å². The highest BCUT2D eigenvalue weighted by Crippen LogP contribution is 2.29. The third-order valence-corrected chi connectivity index (χ3v) is 5.87. The van der Waals surface area contributed by atoms with Crippen LogP contribution in [0.5, 0.6) is 0 Å².